The van der Waals surface area contributed by atoms with Crippen molar-refractivity contribution in [1.29, 1.82) is 0 Å². The third kappa shape index (κ3) is 2.82. The van der Waals surface area contributed by atoms with Crippen molar-refractivity contribution in [1.82, 2.24) is 25.2 Å². The van der Waals surface area contributed by atoms with Crippen molar-refractivity contribution in [3.05, 3.63) is 29.6 Å². The summed E-state index contributed by atoms with van der Waals surface area (Å²) in [6.07, 6.45) is 0. The van der Waals surface area contributed by atoms with E-state index in [2.05, 4.69) is 15.6 Å². The van der Waals surface area contributed by atoms with E-state index in [1.165, 1.54) is 0 Å². The number of hydrogen-bond acceptors (Lipinski definition) is 6. The summed E-state index contributed by atoms with van der Waals surface area (Å²) in [4.78, 5) is 14.7. The van der Waals surface area contributed by atoms with Crippen molar-refractivity contribution in [3.63, 3.8) is 0 Å². The molecule has 0 aliphatic carbocycles. The summed E-state index contributed by atoms with van der Waals surface area (Å²) in [7, 11) is 0. The quantitative estimate of drug-likeness (QED) is 0.868. The highest BCUT2D eigenvalue weighted by Crippen LogP contribution is 2.32. The molecule has 4 rings (SSSR count). The van der Waals surface area contributed by atoms with Gasteiger partial charge in [-0.2, -0.15) is 0 Å². The van der Waals surface area contributed by atoms with Gasteiger partial charge in [0.1, 0.15) is 13.2 Å². The molecular weight excluding hydrogens is 322 g/mol. The van der Waals surface area contributed by atoms with E-state index in [-0.39, 0.29) is 11.9 Å². The first-order chi connectivity index (χ1) is 12.1. The molecule has 1 saturated heterocycles. The van der Waals surface area contributed by atoms with Crippen LogP contribution < -0.4 is 14.8 Å². The summed E-state index contributed by atoms with van der Waals surface area (Å²) in [5, 5.41) is 11.6. The van der Waals surface area contributed by atoms with Crippen molar-refractivity contribution >= 4 is 5.91 Å². The lowest BCUT2D eigenvalue weighted by molar-refractivity contribution is 0.0649. The van der Waals surface area contributed by atoms with Crippen LogP contribution in [0.1, 0.15) is 23.1 Å². The van der Waals surface area contributed by atoms with Crippen LogP contribution in [0.5, 0.6) is 11.5 Å². The van der Waals surface area contributed by atoms with Crippen molar-refractivity contribution in [2.75, 3.05) is 32.8 Å². The lowest BCUT2D eigenvalue weighted by atomic mass is 10.2. The zero-order valence-electron chi connectivity index (χ0n) is 14.4. The number of benzene rings is 1. The molecular formula is C17H21N5O3. The molecule has 1 aromatic carbocycles. The number of carbonyl (C=O) groups excluding carboxylic acids is 1. The molecule has 2 aliphatic heterocycles. The number of carbonyl (C=O) groups is 1. The number of nitrogens with zero attached hydrogens (tertiary/aromatic N) is 4. The lowest BCUT2D eigenvalue weighted by Crippen LogP contribution is -2.52. The van der Waals surface area contributed by atoms with E-state index in [4.69, 9.17) is 9.47 Å². The zero-order valence-corrected chi connectivity index (χ0v) is 14.4. The Morgan fingerprint density at radius 2 is 2.08 bits per heavy atom. The average molecular weight is 343 g/mol. The minimum Gasteiger partial charge on any atom is -0.486 e. The molecule has 0 spiro atoms. The maximum absolute atomic E-state index is 12.8. The van der Waals surface area contributed by atoms with Crippen LogP contribution in [0.4, 0.5) is 0 Å². The Balaban J connectivity index is 1.64. The number of aromatic nitrogens is 3. The van der Waals surface area contributed by atoms with Gasteiger partial charge in [0.05, 0.1) is 11.4 Å². The fraction of sp³-hybridized carbons (Fsp3) is 0.471. The van der Waals surface area contributed by atoms with Crippen LogP contribution in [0, 0.1) is 6.92 Å². The highest BCUT2D eigenvalue weighted by Gasteiger charge is 2.28. The second kappa shape index (κ2) is 6.36. The van der Waals surface area contributed by atoms with Crippen molar-refractivity contribution < 1.29 is 14.3 Å². The van der Waals surface area contributed by atoms with Crippen molar-refractivity contribution in [2.45, 2.75) is 19.9 Å². The molecule has 1 unspecified atom stereocenters. The van der Waals surface area contributed by atoms with E-state index in [0.29, 0.717) is 36.9 Å². The first kappa shape index (κ1) is 15.9. The Kier molecular flexibility index (Phi) is 4.04. The highest BCUT2D eigenvalue weighted by atomic mass is 16.6. The van der Waals surface area contributed by atoms with Crippen LogP contribution in [0.3, 0.4) is 0 Å². The lowest BCUT2D eigenvalue weighted by Gasteiger charge is -2.33. The number of fused-ring (bicyclic) bond motifs is 1. The largest absolute Gasteiger partial charge is 0.486 e. The molecule has 1 fully saturated rings. The summed E-state index contributed by atoms with van der Waals surface area (Å²) in [6.45, 7) is 7.23. The number of ether oxygens (including phenoxy) is 2. The molecule has 25 heavy (non-hydrogen) atoms. The van der Waals surface area contributed by atoms with Crippen molar-refractivity contribution in [3.8, 4) is 17.2 Å². The summed E-state index contributed by atoms with van der Waals surface area (Å²) in [5.41, 5.74) is 1.90. The summed E-state index contributed by atoms with van der Waals surface area (Å²) in [5.74, 6) is 1.33. The second-order valence-electron chi connectivity index (χ2n) is 6.31. The Morgan fingerprint density at radius 3 is 2.88 bits per heavy atom. The summed E-state index contributed by atoms with van der Waals surface area (Å²) in [6, 6.07) is 5.74. The van der Waals surface area contributed by atoms with Crippen molar-refractivity contribution in [2.24, 2.45) is 0 Å². The Hall–Kier alpha value is -2.61. The molecule has 1 atom stereocenters. The van der Waals surface area contributed by atoms with Gasteiger partial charge in [-0.15, -0.1) is 5.10 Å². The standard InChI is InChI=1S/C17H21N5O3/c1-11-10-18-5-6-21(11)17(23)16-12(2)22(20-19-16)13-3-4-14-15(9-13)25-8-7-24-14/h3-4,9,11,18H,5-8,10H2,1-2H3. The minimum absolute atomic E-state index is 0.0738. The van der Waals surface area contributed by atoms with Gasteiger partial charge in [0.15, 0.2) is 17.2 Å². The molecule has 132 valence electrons. The zero-order chi connectivity index (χ0) is 17.4. The second-order valence-corrected chi connectivity index (χ2v) is 6.31. The predicted octanol–water partition coefficient (Wildman–Crippen LogP) is 0.781. The van der Waals surface area contributed by atoms with E-state index in [0.717, 1.165) is 24.5 Å². The van der Waals surface area contributed by atoms with Gasteiger partial charge in [0.25, 0.3) is 5.91 Å². The smallest absolute Gasteiger partial charge is 0.276 e. The van der Waals surface area contributed by atoms with Crippen LogP contribution in [0.15, 0.2) is 18.2 Å². The third-order valence-electron chi connectivity index (χ3n) is 4.63. The van der Waals surface area contributed by atoms with Gasteiger partial charge >= 0.3 is 0 Å². The van der Waals surface area contributed by atoms with Gasteiger partial charge in [-0.3, -0.25) is 4.79 Å². The molecule has 2 aromatic rings. The SMILES string of the molecule is Cc1c(C(=O)N2CCNCC2C)nnn1-c1ccc2c(c1)OCCO2. The third-order valence-corrected chi connectivity index (χ3v) is 4.63. The average Bonchev–Trinajstić information content (AvgIpc) is 3.02. The van der Waals surface area contributed by atoms with E-state index >= 15 is 0 Å². The van der Waals surface area contributed by atoms with Gasteiger partial charge in [-0.05, 0) is 26.0 Å². The molecule has 1 amide bonds. The molecule has 8 nitrogen and oxygen atoms in total. The molecule has 8 heteroatoms. The fourth-order valence-corrected chi connectivity index (χ4v) is 3.21. The van der Waals surface area contributed by atoms with Crippen LogP contribution in [-0.2, 0) is 0 Å². The number of amides is 1. The maximum Gasteiger partial charge on any atom is 0.276 e. The van der Waals surface area contributed by atoms with Gasteiger partial charge in [0, 0.05) is 31.7 Å². The highest BCUT2D eigenvalue weighted by molar-refractivity contribution is 5.93. The maximum atomic E-state index is 12.8. The molecule has 0 radical (unpaired) electrons. The van der Waals surface area contributed by atoms with Crippen LogP contribution in [-0.4, -0.2) is 64.7 Å². The minimum atomic E-state index is -0.0738. The van der Waals surface area contributed by atoms with Gasteiger partial charge in [0.2, 0.25) is 0 Å². The van der Waals surface area contributed by atoms with Gasteiger partial charge in [-0.1, -0.05) is 5.21 Å². The molecule has 0 bridgehead atoms. The Bertz CT molecular complexity index is 804. The topological polar surface area (TPSA) is 81.5 Å². The van der Waals surface area contributed by atoms with E-state index < -0.39 is 0 Å². The summed E-state index contributed by atoms with van der Waals surface area (Å²) >= 11 is 0. The Labute approximate surface area is 145 Å². The van der Waals surface area contributed by atoms with E-state index in [1.54, 1.807) is 4.68 Å². The predicted molar refractivity (Wildman–Crippen MR) is 90.5 cm³/mol. The first-order valence-corrected chi connectivity index (χ1v) is 8.49. The molecule has 1 N–H and O–H groups in total. The Morgan fingerprint density at radius 1 is 1.28 bits per heavy atom. The van der Waals surface area contributed by atoms with Gasteiger partial charge < -0.3 is 19.7 Å². The number of hydrogen-bond donors (Lipinski definition) is 1. The number of piperazine rings is 1. The first-order valence-electron chi connectivity index (χ1n) is 8.49. The monoisotopic (exact) mass is 343 g/mol. The molecule has 3 heterocycles. The summed E-state index contributed by atoms with van der Waals surface area (Å²) < 4.78 is 12.8. The molecule has 0 saturated carbocycles. The van der Waals surface area contributed by atoms with Crippen LogP contribution >= 0.6 is 0 Å². The van der Waals surface area contributed by atoms with Gasteiger partial charge in [-0.25, -0.2) is 4.68 Å². The van der Waals surface area contributed by atoms with E-state index in [9.17, 15) is 4.79 Å². The van der Waals surface area contributed by atoms with Crippen LogP contribution in [0.2, 0.25) is 0 Å². The normalized spacial score (nSPS) is 19.8. The number of rotatable bonds is 2. The number of nitrogens with one attached hydrogen (secondary N) is 1. The molecule has 1 aromatic heterocycles. The van der Waals surface area contributed by atoms with E-state index in [1.807, 2.05) is 36.9 Å². The van der Waals surface area contributed by atoms with Crippen LogP contribution in [0.25, 0.3) is 5.69 Å². The fourth-order valence-electron chi connectivity index (χ4n) is 3.21. The molecule has 2 aliphatic rings.